The average Bonchev–Trinajstić information content (AvgIpc) is 3.16. The number of aromatic nitrogens is 3. The van der Waals surface area contributed by atoms with Crippen molar-refractivity contribution < 1.29 is 9.32 Å². The number of pyridine rings is 1. The molecule has 0 radical (unpaired) electrons. The third kappa shape index (κ3) is 3.18. The SMILES string of the molecule is O=C(NCc1nc(-c2cc[nH]c(=O)c2)no1)C1CCCC1. The van der Waals surface area contributed by atoms with E-state index in [1.807, 2.05) is 0 Å². The summed E-state index contributed by atoms with van der Waals surface area (Å²) in [6, 6.07) is 3.08. The van der Waals surface area contributed by atoms with E-state index in [1.54, 1.807) is 6.07 Å². The van der Waals surface area contributed by atoms with E-state index < -0.39 is 0 Å². The number of nitrogens with zero attached hydrogens (tertiary/aromatic N) is 2. The third-order valence-electron chi connectivity index (χ3n) is 3.64. The zero-order valence-corrected chi connectivity index (χ0v) is 11.5. The van der Waals surface area contributed by atoms with Gasteiger partial charge in [-0.15, -0.1) is 0 Å². The molecule has 0 saturated heterocycles. The summed E-state index contributed by atoms with van der Waals surface area (Å²) in [5.74, 6) is 0.825. The molecular weight excluding hydrogens is 272 g/mol. The van der Waals surface area contributed by atoms with Crippen molar-refractivity contribution in [1.82, 2.24) is 20.4 Å². The van der Waals surface area contributed by atoms with Crippen LogP contribution in [0.25, 0.3) is 11.4 Å². The first-order valence-corrected chi connectivity index (χ1v) is 7.02. The Balaban J connectivity index is 1.62. The Kier molecular flexibility index (Phi) is 3.81. The first-order chi connectivity index (χ1) is 10.2. The molecule has 3 rings (SSSR count). The van der Waals surface area contributed by atoms with Crippen LogP contribution in [0.3, 0.4) is 0 Å². The normalized spacial score (nSPS) is 15.2. The second kappa shape index (κ2) is 5.90. The maximum Gasteiger partial charge on any atom is 0.248 e. The van der Waals surface area contributed by atoms with Crippen LogP contribution in [0.2, 0.25) is 0 Å². The zero-order chi connectivity index (χ0) is 14.7. The van der Waals surface area contributed by atoms with E-state index in [4.69, 9.17) is 4.52 Å². The summed E-state index contributed by atoms with van der Waals surface area (Å²) >= 11 is 0. The number of aromatic amines is 1. The number of hydrogen-bond acceptors (Lipinski definition) is 5. The lowest BCUT2D eigenvalue weighted by molar-refractivity contribution is -0.125. The van der Waals surface area contributed by atoms with Gasteiger partial charge in [0.15, 0.2) is 0 Å². The van der Waals surface area contributed by atoms with Crippen molar-refractivity contribution in [2.45, 2.75) is 32.2 Å². The lowest BCUT2D eigenvalue weighted by Gasteiger charge is -2.07. The van der Waals surface area contributed by atoms with Crippen LogP contribution in [0.4, 0.5) is 0 Å². The van der Waals surface area contributed by atoms with Crippen LogP contribution >= 0.6 is 0 Å². The maximum absolute atomic E-state index is 11.9. The molecule has 0 aliphatic heterocycles. The van der Waals surface area contributed by atoms with Crippen molar-refractivity contribution in [3.63, 3.8) is 0 Å². The highest BCUT2D eigenvalue weighted by Gasteiger charge is 2.22. The third-order valence-corrected chi connectivity index (χ3v) is 3.64. The van der Waals surface area contributed by atoms with Gasteiger partial charge in [0.2, 0.25) is 23.2 Å². The van der Waals surface area contributed by atoms with Gasteiger partial charge in [-0.3, -0.25) is 9.59 Å². The highest BCUT2D eigenvalue weighted by molar-refractivity contribution is 5.78. The molecule has 1 saturated carbocycles. The Hall–Kier alpha value is -2.44. The average molecular weight is 288 g/mol. The van der Waals surface area contributed by atoms with Crippen molar-refractivity contribution in [1.29, 1.82) is 0 Å². The molecule has 1 fully saturated rings. The molecule has 7 nitrogen and oxygen atoms in total. The second-order valence-corrected chi connectivity index (χ2v) is 5.15. The van der Waals surface area contributed by atoms with Crippen LogP contribution < -0.4 is 10.9 Å². The van der Waals surface area contributed by atoms with Crippen molar-refractivity contribution >= 4 is 5.91 Å². The molecule has 2 aromatic heterocycles. The van der Waals surface area contributed by atoms with Crippen LogP contribution in [-0.2, 0) is 11.3 Å². The Morgan fingerprint density at radius 2 is 2.24 bits per heavy atom. The van der Waals surface area contributed by atoms with E-state index in [0.29, 0.717) is 17.3 Å². The topological polar surface area (TPSA) is 101 Å². The standard InChI is InChI=1S/C14H16N4O3/c19-11-7-10(5-6-15-11)13-17-12(21-18-13)8-16-14(20)9-3-1-2-4-9/h5-7,9H,1-4,8H2,(H,15,19)(H,16,20). The molecule has 0 unspecified atom stereocenters. The van der Waals surface area contributed by atoms with E-state index in [-0.39, 0.29) is 23.9 Å². The van der Waals surface area contributed by atoms with Crippen molar-refractivity contribution in [3.05, 3.63) is 34.6 Å². The summed E-state index contributed by atoms with van der Waals surface area (Å²) in [7, 11) is 0. The van der Waals surface area contributed by atoms with Gasteiger partial charge in [-0.1, -0.05) is 18.0 Å². The molecule has 0 spiro atoms. The minimum atomic E-state index is -0.228. The van der Waals surface area contributed by atoms with Crippen LogP contribution in [0.1, 0.15) is 31.6 Å². The van der Waals surface area contributed by atoms with Gasteiger partial charge in [-0.25, -0.2) is 0 Å². The number of amides is 1. The van der Waals surface area contributed by atoms with Crippen molar-refractivity contribution in [2.24, 2.45) is 5.92 Å². The number of rotatable bonds is 4. The number of hydrogen-bond donors (Lipinski definition) is 2. The predicted octanol–water partition coefficient (Wildman–Crippen LogP) is 1.23. The highest BCUT2D eigenvalue weighted by atomic mass is 16.5. The first kappa shape index (κ1) is 13.5. The molecule has 1 amide bonds. The van der Waals surface area contributed by atoms with Gasteiger partial charge in [0.05, 0.1) is 6.54 Å². The fourth-order valence-electron chi connectivity index (χ4n) is 2.52. The van der Waals surface area contributed by atoms with Gasteiger partial charge in [0.25, 0.3) is 0 Å². The summed E-state index contributed by atoms with van der Waals surface area (Å²) in [5, 5.41) is 6.63. The van der Waals surface area contributed by atoms with Gasteiger partial charge in [-0.2, -0.15) is 4.98 Å². The Morgan fingerprint density at radius 1 is 1.43 bits per heavy atom. The van der Waals surface area contributed by atoms with E-state index in [1.165, 1.54) is 12.3 Å². The Bertz CT molecular complexity index is 685. The highest BCUT2D eigenvalue weighted by Crippen LogP contribution is 2.24. The fourth-order valence-corrected chi connectivity index (χ4v) is 2.52. The molecule has 110 valence electrons. The smallest absolute Gasteiger partial charge is 0.248 e. The molecule has 1 aliphatic rings. The van der Waals surface area contributed by atoms with Gasteiger partial charge in [0, 0.05) is 23.7 Å². The fraction of sp³-hybridized carbons (Fsp3) is 0.429. The molecule has 2 aromatic rings. The number of nitrogens with one attached hydrogen (secondary N) is 2. The summed E-state index contributed by atoms with van der Waals surface area (Å²) in [6.07, 6.45) is 5.66. The summed E-state index contributed by atoms with van der Waals surface area (Å²) < 4.78 is 5.08. The maximum atomic E-state index is 11.9. The molecule has 0 atom stereocenters. The van der Waals surface area contributed by atoms with Gasteiger partial charge in [-0.05, 0) is 18.9 Å². The minimum Gasteiger partial charge on any atom is -0.347 e. The molecular formula is C14H16N4O3. The summed E-state index contributed by atoms with van der Waals surface area (Å²) in [5.41, 5.74) is 0.351. The van der Waals surface area contributed by atoms with Gasteiger partial charge >= 0.3 is 0 Å². The minimum absolute atomic E-state index is 0.0448. The number of carbonyl (C=O) groups is 1. The molecule has 21 heavy (non-hydrogen) atoms. The lowest BCUT2D eigenvalue weighted by Crippen LogP contribution is -2.28. The van der Waals surface area contributed by atoms with Crippen LogP contribution in [0.15, 0.2) is 27.6 Å². The Morgan fingerprint density at radius 3 is 3.00 bits per heavy atom. The van der Waals surface area contributed by atoms with Crippen molar-refractivity contribution in [3.8, 4) is 11.4 Å². The number of H-pyrrole nitrogens is 1. The number of carbonyl (C=O) groups excluding carboxylic acids is 1. The van der Waals surface area contributed by atoms with E-state index >= 15 is 0 Å². The van der Waals surface area contributed by atoms with Gasteiger partial charge < -0.3 is 14.8 Å². The summed E-state index contributed by atoms with van der Waals surface area (Å²) in [6.45, 7) is 0.214. The molecule has 0 bridgehead atoms. The van der Waals surface area contributed by atoms with E-state index in [0.717, 1.165) is 25.7 Å². The van der Waals surface area contributed by atoms with Crippen LogP contribution in [0, 0.1) is 5.92 Å². The monoisotopic (exact) mass is 288 g/mol. The van der Waals surface area contributed by atoms with Crippen LogP contribution in [-0.4, -0.2) is 21.0 Å². The van der Waals surface area contributed by atoms with Crippen LogP contribution in [0.5, 0.6) is 0 Å². The molecule has 2 N–H and O–H groups in total. The molecule has 1 aliphatic carbocycles. The lowest BCUT2D eigenvalue weighted by atomic mass is 10.1. The second-order valence-electron chi connectivity index (χ2n) is 5.15. The summed E-state index contributed by atoms with van der Waals surface area (Å²) in [4.78, 5) is 29.8. The molecule has 2 heterocycles. The van der Waals surface area contributed by atoms with E-state index in [2.05, 4.69) is 20.4 Å². The molecule has 7 heteroatoms. The Labute approximate surface area is 120 Å². The van der Waals surface area contributed by atoms with Crippen molar-refractivity contribution in [2.75, 3.05) is 0 Å². The largest absolute Gasteiger partial charge is 0.347 e. The van der Waals surface area contributed by atoms with Gasteiger partial charge in [0.1, 0.15) is 0 Å². The first-order valence-electron chi connectivity index (χ1n) is 7.02. The predicted molar refractivity (Wildman–Crippen MR) is 74.2 cm³/mol. The quantitative estimate of drug-likeness (QED) is 0.881. The molecule has 0 aromatic carbocycles. The zero-order valence-electron chi connectivity index (χ0n) is 11.5. The van der Waals surface area contributed by atoms with E-state index in [9.17, 15) is 9.59 Å².